The summed E-state index contributed by atoms with van der Waals surface area (Å²) in [6.45, 7) is 1.62. The van der Waals surface area contributed by atoms with Crippen molar-refractivity contribution < 1.29 is 18.1 Å². The van der Waals surface area contributed by atoms with Crippen LogP contribution in [-0.2, 0) is 14.8 Å². The predicted molar refractivity (Wildman–Crippen MR) is 92.7 cm³/mol. The maximum atomic E-state index is 12.0. The highest BCUT2D eigenvalue weighted by atomic mass is 32.2. The molecule has 0 saturated carbocycles. The summed E-state index contributed by atoms with van der Waals surface area (Å²) < 4.78 is 26.4. The van der Waals surface area contributed by atoms with Gasteiger partial charge in [-0.25, -0.2) is 13.1 Å². The van der Waals surface area contributed by atoms with Crippen molar-refractivity contribution in [3.63, 3.8) is 0 Å². The van der Waals surface area contributed by atoms with Crippen LogP contribution in [-0.4, -0.2) is 25.8 Å². The number of hydrogen-bond donors (Lipinski definition) is 2. The van der Waals surface area contributed by atoms with Crippen LogP contribution in [0.4, 0.5) is 11.4 Å². The zero-order chi connectivity index (χ0) is 18.4. The van der Waals surface area contributed by atoms with E-state index in [0.29, 0.717) is 11.3 Å². The molecule has 0 aliphatic rings. The Hall–Kier alpha value is -2.78. The lowest BCUT2D eigenvalue weighted by Gasteiger charge is -2.09. The molecule has 0 unspecified atom stereocenters. The number of carbonyl (C=O) groups excluding carboxylic acids is 1. The molecule has 0 radical (unpaired) electrons. The van der Waals surface area contributed by atoms with E-state index < -0.39 is 20.9 Å². The minimum absolute atomic E-state index is 0.0863. The van der Waals surface area contributed by atoms with Gasteiger partial charge in [0.25, 0.3) is 5.69 Å². The number of nitro groups is 1. The standard InChI is InChI=1S/C16H17N3O5S/c1-12-7-8-13(19(21)22)11-15(12)18-16(20)9-10-17-25(23,24)14-5-3-2-4-6-14/h2-8,11,17H,9-10H2,1H3,(H,18,20). The molecule has 0 aromatic heterocycles. The highest BCUT2D eigenvalue weighted by Gasteiger charge is 2.14. The molecule has 8 nitrogen and oxygen atoms in total. The van der Waals surface area contributed by atoms with E-state index in [1.165, 1.54) is 30.3 Å². The second-order valence-electron chi connectivity index (χ2n) is 5.27. The zero-order valence-electron chi connectivity index (χ0n) is 13.4. The van der Waals surface area contributed by atoms with Crippen LogP contribution in [0.3, 0.4) is 0 Å². The SMILES string of the molecule is Cc1ccc([N+](=O)[O-])cc1NC(=O)CCNS(=O)(=O)c1ccccc1. The molecule has 2 rings (SSSR count). The van der Waals surface area contributed by atoms with Crippen molar-refractivity contribution in [3.8, 4) is 0 Å². The summed E-state index contributed by atoms with van der Waals surface area (Å²) >= 11 is 0. The summed E-state index contributed by atoms with van der Waals surface area (Å²) in [5.74, 6) is -0.445. The first-order chi connectivity index (χ1) is 11.8. The average molecular weight is 363 g/mol. The van der Waals surface area contributed by atoms with Crippen LogP contribution in [0.1, 0.15) is 12.0 Å². The molecule has 2 aromatic rings. The van der Waals surface area contributed by atoms with Crippen LogP contribution in [0.5, 0.6) is 0 Å². The van der Waals surface area contributed by atoms with Crippen molar-refractivity contribution in [2.24, 2.45) is 0 Å². The molecule has 1 amide bonds. The summed E-state index contributed by atoms with van der Waals surface area (Å²) in [5.41, 5.74) is 0.861. The average Bonchev–Trinajstić information content (AvgIpc) is 2.57. The quantitative estimate of drug-likeness (QED) is 0.577. The molecule has 0 atom stereocenters. The zero-order valence-corrected chi connectivity index (χ0v) is 14.2. The number of benzene rings is 2. The van der Waals surface area contributed by atoms with Gasteiger partial charge in [-0.15, -0.1) is 0 Å². The van der Waals surface area contributed by atoms with Gasteiger partial charge in [-0.1, -0.05) is 24.3 Å². The predicted octanol–water partition coefficient (Wildman–Crippen LogP) is 2.21. The summed E-state index contributed by atoms with van der Waals surface area (Å²) in [5, 5.41) is 13.3. The number of sulfonamides is 1. The fourth-order valence-corrected chi connectivity index (χ4v) is 3.11. The first-order valence-electron chi connectivity index (χ1n) is 7.39. The smallest absolute Gasteiger partial charge is 0.271 e. The van der Waals surface area contributed by atoms with E-state index in [1.807, 2.05) is 0 Å². The molecule has 0 bridgehead atoms. The van der Waals surface area contributed by atoms with Crippen molar-refractivity contribution in [3.05, 3.63) is 64.2 Å². The fourth-order valence-electron chi connectivity index (χ4n) is 2.05. The lowest BCUT2D eigenvalue weighted by atomic mass is 10.2. The van der Waals surface area contributed by atoms with Crippen molar-refractivity contribution in [2.75, 3.05) is 11.9 Å². The number of non-ortho nitro benzene ring substituents is 1. The van der Waals surface area contributed by atoms with Gasteiger partial charge in [-0.3, -0.25) is 14.9 Å². The van der Waals surface area contributed by atoms with Gasteiger partial charge in [-0.2, -0.15) is 0 Å². The van der Waals surface area contributed by atoms with E-state index in [-0.39, 0.29) is 23.5 Å². The first kappa shape index (κ1) is 18.6. The molecule has 0 fully saturated rings. The van der Waals surface area contributed by atoms with E-state index in [9.17, 15) is 23.3 Å². The summed E-state index contributed by atoms with van der Waals surface area (Å²) in [4.78, 5) is 22.3. The van der Waals surface area contributed by atoms with E-state index in [0.717, 1.165) is 0 Å². The minimum Gasteiger partial charge on any atom is -0.326 e. The lowest BCUT2D eigenvalue weighted by Crippen LogP contribution is -2.27. The third kappa shape index (κ3) is 5.10. The van der Waals surface area contributed by atoms with Gasteiger partial charge < -0.3 is 5.32 Å². The Kier molecular flexibility index (Phi) is 5.84. The number of amides is 1. The molecule has 0 aliphatic heterocycles. The Bertz CT molecular complexity index is 882. The van der Waals surface area contributed by atoms with Crippen molar-refractivity contribution in [1.82, 2.24) is 4.72 Å². The molecule has 0 aliphatic carbocycles. The first-order valence-corrected chi connectivity index (χ1v) is 8.87. The molecule has 0 heterocycles. The number of carbonyl (C=O) groups is 1. The topological polar surface area (TPSA) is 118 Å². The number of hydrogen-bond acceptors (Lipinski definition) is 5. The molecule has 132 valence electrons. The maximum Gasteiger partial charge on any atom is 0.271 e. The highest BCUT2D eigenvalue weighted by molar-refractivity contribution is 7.89. The van der Waals surface area contributed by atoms with Gasteiger partial charge in [0.2, 0.25) is 15.9 Å². The number of rotatable bonds is 7. The summed E-state index contributed by atoms with van der Waals surface area (Å²) in [6, 6.07) is 12.0. The molecular weight excluding hydrogens is 346 g/mol. The molecule has 25 heavy (non-hydrogen) atoms. The molecular formula is C16H17N3O5S. The Balaban J connectivity index is 1.93. The molecule has 0 saturated heterocycles. The number of nitrogens with zero attached hydrogens (tertiary/aromatic N) is 1. The Labute approximate surface area is 145 Å². The van der Waals surface area contributed by atoms with Gasteiger partial charge in [0.1, 0.15) is 0 Å². The molecule has 9 heteroatoms. The number of anilines is 1. The Morgan fingerprint density at radius 3 is 2.48 bits per heavy atom. The fraction of sp³-hybridized carbons (Fsp3) is 0.188. The Morgan fingerprint density at radius 1 is 1.16 bits per heavy atom. The van der Waals surface area contributed by atoms with Crippen molar-refractivity contribution in [1.29, 1.82) is 0 Å². The lowest BCUT2D eigenvalue weighted by molar-refractivity contribution is -0.384. The van der Waals surface area contributed by atoms with E-state index in [2.05, 4.69) is 10.0 Å². The Morgan fingerprint density at radius 2 is 1.84 bits per heavy atom. The number of aryl methyl sites for hydroxylation is 1. The molecule has 0 spiro atoms. The largest absolute Gasteiger partial charge is 0.326 e. The van der Waals surface area contributed by atoms with Gasteiger partial charge in [0.05, 0.1) is 15.5 Å². The number of nitrogens with one attached hydrogen (secondary N) is 2. The van der Waals surface area contributed by atoms with Gasteiger partial charge in [-0.05, 0) is 24.6 Å². The van der Waals surface area contributed by atoms with Gasteiger partial charge in [0.15, 0.2) is 0 Å². The van der Waals surface area contributed by atoms with Gasteiger partial charge >= 0.3 is 0 Å². The number of nitro benzene ring substituents is 1. The van der Waals surface area contributed by atoms with Crippen LogP contribution < -0.4 is 10.0 Å². The third-order valence-electron chi connectivity index (χ3n) is 3.40. The van der Waals surface area contributed by atoms with E-state index in [1.54, 1.807) is 25.1 Å². The van der Waals surface area contributed by atoms with Crippen molar-refractivity contribution >= 4 is 27.3 Å². The molecule has 2 N–H and O–H groups in total. The molecule has 2 aromatic carbocycles. The summed E-state index contributed by atoms with van der Waals surface area (Å²) in [6.07, 6.45) is -0.103. The minimum atomic E-state index is -3.67. The van der Waals surface area contributed by atoms with Crippen LogP contribution in [0.2, 0.25) is 0 Å². The highest BCUT2D eigenvalue weighted by Crippen LogP contribution is 2.21. The summed E-state index contributed by atoms with van der Waals surface area (Å²) in [7, 11) is -3.67. The normalized spacial score (nSPS) is 11.1. The maximum absolute atomic E-state index is 12.0. The monoisotopic (exact) mass is 363 g/mol. The second kappa shape index (κ2) is 7.86. The second-order valence-corrected chi connectivity index (χ2v) is 7.03. The van der Waals surface area contributed by atoms with Crippen LogP contribution in [0.15, 0.2) is 53.4 Å². The van der Waals surface area contributed by atoms with Gasteiger partial charge in [0, 0.05) is 25.1 Å². The van der Waals surface area contributed by atoms with Crippen LogP contribution >= 0.6 is 0 Å². The van der Waals surface area contributed by atoms with Crippen LogP contribution in [0.25, 0.3) is 0 Å². The van der Waals surface area contributed by atoms with Crippen LogP contribution in [0, 0.1) is 17.0 Å². The van der Waals surface area contributed by atoms with E-state index >= 15 is 0 Å². The third-order valence-corrected chi connectivity index (χ3v) is 4.88. The van der Waals surface area contributed by atoms with E-state index in [4.69, 9.17) is 0 Å². The van der Waals surface area contributed by atoms with Crippen molar-refractivity contribution in [2.45, 2.75) is 18.2 Å².